The number of carbonyl (C=O) groups excluding carboxylic acids is 1. The number of nitrogens with two attached hydrogens (primary N) is 1. The van der Waals surface area contributed by atoms with Crippen LogP contribution in [0.1, 0.15) is 25.7 Å². The minimum absolute atomic E-state index is 0.225. The SMILES string of the molecule is C#CCC1(C(N)=O)CCC1. The van der Waals surface area contributed by atoms with Gasteiger partial charge >= 0.3 is 0 Å². The smallest absolute Gasteiger partial charge is 0.224 e. The molecular weight excluding hydrogens is 126 g/mol. The van der Waals surface area contributed by atoms with E-state index >= 15 is 0 Å². The highest BCUT2D eigenvalue weighted by Crippen LogP contribution is 2.43. The van der Waals surface area contributed by atoms with Gasteiger partial charge in [-0.05, 0) is 12.8 Å². The lowest BCUT2D eigenvalue weighted by molar-refractivity contribution is -0.132. The minimum atomic E-state index is -0.325. The number of hydrogen-bond acceptors (Lipinski definition) is 1. The molecule has 0 aromatic rings. The van der Waals surface area contributed by atoms with E-state index in [2.05, 4.69) is 5.92 Å². The van der Waals surface area contributed by atoms with Gasteiger partial charge in [-0.25, -0.2) is 0 Å². The molecule has 2 heteroatoms. The topological polar surface area (TPSA) is 43.1 Å². The van der Waals surface area contributed by atoms with E-state index in [4.69, 9.17) is 12.2 Å². The molecule has 0 unspecified atom stereocenters. The fraction of sp³-hybridized carbons (Fsp3) is 0.625. The van der Waals surface area contributed by atoms with Crippen molar-refractivity contribution in [2.75, 3.05) is 0 Å². The molecule has 0 aromatic carbocycles. The van der Waals surface area contributed by atoms with Crippen molar-refractivity contribution in [2.45, 2.75) is 25.7 Å². The normalized spacial score (nSPS) is 20.7. The highest BCUT2D eigenvalue weighted by atomic mass is 16.1. The number of rotatable bonds is 2. The van der Waals surface area contributed by atoms with E-state index in [1.54, 1.807) is 0 Å². The van der Waals surface area contributed by atoms with E-state index in [1.165, 1.54) is 0 Å². The third-order valence-corrected chi connectivity index (χ3v) is 2.27. The average Bonchev–Trinajstić information content (AvgIpc) is 1.77. The van der Waals surface area contributed by atoms with E-state index in [0.29, 0.717) is 6.42 Å². The first kappa shape index (κ1) is 7.14. The number of carbonyl (C=O) groups is 1. The van der Waals surface area contributed by atoms with Crippen molar-refractivity contribution in [2.24, 2.45) is 11.1 Å². The van der Waals surface area contributed by atoms with Gasteiger partial charge in [-0.2, -0.15) is 0 Å². The summed E-state index contributed by atoms with van der Waals surface area (Å²) in [5.74, 6) is 2.27. The van der Waals surface area contributed by atoms with Gasteiger partial charge < -0.3 is 5.73 Å². The number of hydrogen-bond donors (Lipinski definition) is 1. The van der Waals surface area contributed by atoms with Gasteiger partial charge in [0, 0.05) is 6.42 Å². The maximum Gasteiger partial charge on any atom is 0.224 e. The van der Waals surface area contributed by atoms with Crippen molar-refractivity contribution < 1.29 is 4.79 Å². The summed E-state index contributed by atoms with van der Waals surface area (Å²) in [4.78, 5) is 10.8. The van der Waals surface area contributed by atoms with Crippen LogP contribution in [0.25, 0.3) is 0 Å². The van der Waals surface area contributed by atoms with E-state index in [9.17, 15) is 4.79 Å². The molecule has 0 atom stereocenters. The third kappa shape index (κ3) is 0.881. The first-order chi connectivity index (χ1) is 4.71. The van der Waals surface area contributed by atoms with Crippen LogP contribution in [0.5, 0.6) is 0 Å². The summed E-state index contributed by atoms with van der Waals surface area (Å²) in [7, 11) is 0. The average molecular weight is 137 g/mol. The van der Waals surface area contributed by atoms with Gasteiger partial charge in [-0.15, -0.1) is 12.3 Å². The zero-order valence-corrected chi connectivity index (χ0v) is 5.89. The van der Waals surface area contributed by atoms with Crippen LogP contribution in [-0.2, 0) is 4.79 Å². The van der Waals surface area contributed by atoms with Crippen LogP contribution in [0, 0.1) is 17.8 Å². The predicted molar refractivity (Wildman–Crippen MR) is 38.9 cm³/mol. The van der Waals surface area contributed by atoms with Crippen LogP contribution in [-0.4, -0.2) is 5.91 Å². The minimum Gasteiger partial charge on any atom is -0.369 e. The highest BCUT2D eigenvalue weighted by Gasteiger charge is 2.41. The molecule has 1 saturated carbocycles. The van der Waals surface area contributed by atoms with E-state index in [1.807, 2.05) is 0 Å². The Hall–Kier alpha value is -0.970. The number of primary amides is 1. The molecule has 0 heterocycles. The van der Waals surface area contributed by atoms with Crippen LogP contribution in [0.3, 0.4) is 0 Å². The molecule has 0 saturated heterocycles. The lowest BCUT2D eigenvalue weighted by Crippen LogP contribution is -2.42. The zero-order chi connectivity index (χ0) is 7.61. The quantitative estimate of drug-likeness (QED) is 0.558. The second kappa shape index (κ2) is 2.34. The Balaban J connectivity index is 2.61. The Bertz CT molecular complexity index is 186. The monoisotopic (exact) mass is 137 g/mol. The molecule has 1 aliphatic rings. The Morgan fingerprint density at radius 2 is 2.30 bits per heavy atom. The standard InChI is InChI=1S/C8H11NO/c1-2-4-8(7(9)10)5-3-6-8/h1H,3-6H2,(H2,9,10). The summed E-state index contributed by atoms with van der Waals surface area (Å²) in [6.45, 7) is 0. The van der Waals surface area contributed by atoms with Gasteiger partial charge in [-0.1, -0.05) is 6.42 Å². The second-order valence-electron chi connectivity index (χ2n) is 2.88. The van der Waals surface area contributed by atoms with Gasteiger partial charge in [0.1, 0.15) is 0 Å². The van der Waals surface area contributed by atoms with E-state index in [0.717, 1.165) is 19.3 Å². The van der Waals surface area contributed by atoms with Crippen LogP contribution in [0.2, 0.25) is 0 Å². The summed E-state index contributed by atoms with van der Waals surface area (Å²) in [5, 5.41) is 0. The van der Waals surface area contributed by atoms with Gasteiger partial charge in [-0.3, -0.25) is 4.79 Å². The molecule has 0 bridgehead atoms. The highest BCUT2D eigenvalue weighted by molar-refractivity contribution is 5.82. The Labute approximate surface area is 60.8 Å². The fourth-order valence-electron chi connectivity index (χ4n) is 1.31. The first-order valence-corrected chi connectivity index (χ1v) is 3.45. The maximum absolute atomic E-state index is 10.8. The molecule has 1 fully saturated rings. The van der Waals surface area contributed by atoms with Crippen LogP contribution in [0.15, 0.2) is 0 Å². The second-order valence-corrected chi connectivity index (χ2v) is 2.88. The molecule has 1 amide bonds. The molecule has 54 valence electrons. The molecular formula is C8H11NO. The molecule has 1 aliphatic carbocycles. The predicted octanol–water partition coefficient (Wildman–Crippen LogP) is 0.665. The summed E-state index contributed by atoms with van der Waals surface area (Å²) >= 11 is 0. The Morgan fingerprint density at radius 3 is 2.40 bits per heavy atom. The van der Waals surface area contributed by atoms with Gasteiger partial charge in [0.15, 0.2) is 0 Å². The van der Waals surface area contributed by atoms with Crippen LogP contribution in [0.4, 0.5) is 0 Å². The third-order valence-electron chi connectivity index (χ3n) is 2.27. The molecule has 10 heavy (non-hydrogen) atoms. The summed E-state index contributed by atoms with van der Waals surface area (Å²) in [6.07, 6.45) is 8.47. The number of amides is 1. The van der Waals surface area contributed by atoms with Crippen LogP contribution >= 0.6 is 0 Å². The van der Waals surface area contributed by atoms with Crippen LogP contribution < -0.4 is 5.73 Å². The molecule has 0 spiro atoms. The largest absolute Gasteiger partial charge is 0.369 e. The van der Waals surface area contributed by atoms with Crippen molar-refractivity contribution in [3.8, 4) is 12.3 Å². The van der Waals surface area contributed by atoms with Gasteiger partial charge in [0.05, 0.1) is 5.41 Å². The molecule has 0 aromatic heterocycles. The van der Waals surface area contributed by atoms with Gasteiger partial charge in [0.25, 0.3) is 0 Å². The van der Waals surface area contributed by atoms with Gasteiger partial charge in [0.2, 0.25) is 5.91 Å². The van der Waals surface area contributed by atoms with E-state index in [-0.39, 0.29) is 11.3 Å². The molecule has 0 radical (unpaired) electrons. The van der Waals surface area contributed by atoms with Crippen molar-refractivity contribution >= 4 is 5.91 Å². The summed E-state index contributed by atoms with van der Waals surface area (Å²) in [5.41, 5.74) is 4.86. The molecule has 2 nitrogen and oxygen atoms in total. The summed E-state index contributed by atoms with van der Waals surface area (Å²) < 4.78 is 0. The van der Waals surface area contributed by atoms with Crippen molar-refractivity contribution in [3.05, 3.63) is 0 Å². The lowest BCUT2D eigenvalue weighted by atomic mass is 9.66. The molecule has 0 aliphatic heterocycles. The Morgan fingerprint density at radius 1 is 1.70 bits per heavy atom. The maximum atomic E-state index is 10.8. The Kier molecular flexibility index (Phi) is 1.67. The number of terminal acetylenes is 1. The van der Waals surface area contributed by atoms with Crippen molar-refractivity contribution in [3.63, 3.8) is 0 Å². The van der Waals surface area contributed by atoms with E-state index < -0.39 is 0 Å². The molecule has 2 N–H and O–H groups in total. The lowest BCUT2D eigenvalue weighted by Gasteiger charge is -2.37. The summed E-state index contributed by atoms with van der Waals surface area (Å²) in [6, 6.07) is 0. The first-order valence-electron chi connectivity index (χ1n) is 3.45. The fourth-order valence-corrected chi connectivity index (χ4v) is 1.31. The molecule has 1 rings (SSSR count). The van der Waals surface area contributed by atoms with Crippen molar-refractivity contribution in [1.29, 1.82) is 0 Å². The van der Waals surface area contributed by atoms with Crippen molar-refractivity contribution in [1.82, 2.24) is 0 Å². The zero-order valence-electron chi connectivity index (χ0n) is 5.89.